The van der Waals surface area contributed by atoms with Crippen molar-refractivity contribution < 1.29 is 23.1 Å². The lowest BCUT2D eigenvalue weighted by molar-refractivity contribution is -0.136. The normalized spacial score (nSPS) is 12.0. The number of aromatic nitrogens is 1. The number of benzene rings is 2. The predicted octanol–water partition coefficient (Wildman–Crippen LogP) is 4.11. The van der Waals surface area contributed by atoms with Crippen LogP contribution in [0.5, 0.6) is 0 Å². The number of carboxylic acid groups (broad SMARTS) is 1. The zero-order valence-corrected chi connectivity index (χ0v) is 10.5. The van der Waals surface area contributed by atoms with E-state index >= 15 is 0 Å². The predicted molar refractivity (Wildman–Crippen MR) is 71.2 cm³/mol. The van der Waals surface area contributed by atoms with Gasteiger partial charge in [0.05, 0.1) is 22.2 Å². The van der Waals surface area contributed by atoms with Crippen molar-refractivity contribution in [2.45, 2.75) is 6.18 Å². The van der Waals surface area contributed by atoms with E-state index in [0.29, 0.717) is 17.0 Å². The van der Waals surface area contributed by atoms with Gasteiger partial charge in [-0.1, -0.05) is 18.2 Å². The lowest BCUT2D eigenvalue weighted by Gasteiger charge is -2.12. The number of aromatic carboxylic acids is 1. The van der Waals surface area contributed by atoms with Gasteiger partial charge < -0.3 is 5.11 Å². The van der Waals surface area contributed by atoms with E-state index in [-0.39, 0.29) is 10.9 Å². The van der Waals surface area contributed by atoms with Crippen molar-refractivity contribution in [2.24, 2.45) is 0 Å². The third-order valence-electron chi connectivity index (χ3n) is 3.17. The molecule has 6 heteroatoms. The minimum Gasteiger partial charge on any atom is -0.478 e. The summed E-state index contributed by atoms with van der Waals surface area (Å²) in [5.41, 5.74) is -1.26. The van der Waals surface area contributed by atoms with Gasteiger partial charge in [0.15, 0.2) is 0 Å². The van der Waals surface area contributed by atoms with Crippen molar-refractivity contribution in [3.63, 3.8) is 0 Å². The fourth-order valence-corrected chi connectivity index (χ4v) is 2.23. The number of hydrogen-bond acceptors (Lipinski definition) is 2. The summed E-state index contributed by atoms with van der Waals surface area (Å²) in [6.45, 7) is 0. The highest BCUT2D eigenvalue weighted by atomic mass is 19.4. The molecule has 21 heavy (non-hydrogen) atoms. The minimum absolute atomic E-state index is 0.154. The number of carboxylic acids is 1. The lowest BCUT2D eigenvalue weighted by Crippen LogP contribution is -2.09. The van der Waals surface area contributed by atoms with Gasteiger partial charge in [0.2, 0.25) is 0 Å². The number of pyridine rings is 1. The van der Waals surface area contributed by atoms with Gasteiger partial charge in [0.25, 0.3) is 0 Å². The Morgan fingerprint density at radius 3 is 2.43 bits per heavy atom. The minimum atomic E-state index is -4.67. The molecule has 1 N–H and O–H groups in total. The van der Waals surface area contributed by atoms with Gasteiger partial charge in [-0.05, 0) is 24.3 Å². The maximum Gasteiger partial charge on any atom is 0.418 e. The molecule has 0 aliphatic carbocycles. The first-order valence-electron chi connectivity index (χ1n) is 6.00. The highest BCUT2D eigenvalue weighted by Crippen LogP contribution is 2.36. The van der Waals surface area contributed by atoms with Gasteiger partial charge in [-0.25, -0.2) is 9.78 Å². The van der Waals surface area contributed by atoms with E-state index in [2.05, 4.69) is 4.98 Å². The molecule has 0 amide bonds. The van der Waals surface area contributed by atoms with Crippen LogP contribution in [0.3, 0.4) is 0 Å². The second-order valence-corrected chi connectivity index (χ2v) is 4.58. The quantitative estimate of drug-likeness (QED) is 0.686. The molecule has 0 spiro atoms. The Hall–Kier alpha value is -2.63. The van der Waals surface area contributed by atoms with Gasteiger partial charge in [-0.2, -0.15) is 13.2 Å². The molecule has 0 saturated heterocycles. The van der Waals surface area contributed by atoms with Crippen LogP contribution in [0.1, 0.15) is 15.9 Å². The number of carbonyl (C=O) groups is 1. The number of fused-ring (bicyclic) bond motifs is 2. The fraction of sp³-hybridized carbons (Fsp3) is 0.0667. The maximum absolute atomic E-state index is 13.1. The first-order valence-corrected chi connectivity index (χ1v) is 6.00. The van der Waals surface area contributed by atoms with Crippen molar-refractivity contribution in [3.05, 3.63) is 53.6 Å². The van der Waals surface area contributed by atoms with Crippen molar-refractivity contribution >= 4 is 27.8 Å². The fourth-order valence-electron chi connectivity index (χ4n) is 2.23. The smallest absolute Gasteiger partial charge is 0.418 e. The second-order valence-electron chi connectivity index (χ2n) is 4.58. The van der Waals surface area contributed by atoms with Crippen LogP contribution in [0.25, 0.3) is 21.8 Å². The zero-order valence-electron chi connectivity index (χ0n) is 10.5. The second kappa shape index (κ2) is 4.44. The average Bonchev–Trinajstić information content (AvgIpc) is 2.42. The van der Waals surface area contributed by atoms with E-state index < -0.39 is 23.3 Å². The molecule has 0 atom stereocenters. The molecule has 0 radical (unpaired) electrons. The summed E-state index contributed by atoms with van der Waals surface area (Å²) in [7, 11) is 0. The van der Waals surface area contributed by atoms with Crippen LogP contribution in [-0.2, 0) is 6.18 Å². The molecule has 0 fully saturated rings. The maximum atomic E-state index is 13.1. The monoisotopic (exact) mass is 291 g/mol. The largest absolute Gasteiger partial charge is 0.478 e. The Morgan fingerprint density at radius 1 is 1.05 bits per heavy atom. The molecule has 3 nitrogen and oxygen atoms in total. The highest BCUT2D eigenvalue weighted by molar-refractivity contribution is 5.99. The van der Waals surface area contributed by atoms with Crippen LogP contribution < -0.4 is 0 Å². The van der Waals surface area contributed by atoms with Crippen LogP contribution in [-0.4, -0.2) is 16.1 Å². The van der Waals surface area contributed by atoms with Gasteiger partial charge in [0.1, 0.15) is 0 Å². The van der Waals surface area contributed by atoms with Crippen LogP contribution in [0.2, 0.25) is 0 Å². The summed E-state index contributed by atoms with van der Waals surface area (Å²) in [6, 6.07) is 10.1. The summed E-state index contributed by atoms with van der Waals surface area (Å²) in [4.78, 5) is 15.0. The third-order valence-corrected chi connectivity index (χ3v) is 3.17. The van der Waals surface area contributed by atoms with Crippen molar-refractivity contribution in [2.75, 3.05) is 0 Å². The van der Waals surface area contributed by atoms with Crippen molar-refractivity contribution in [3.8, 4) is 0 Å². The van der Waals surface area contributed by atoms with E-state index in [9.17, 15) is 18.0 Å². The molecule has 2 aromatic carbocycles. The standard InChI is InChI=1S/C15H8F3NO2/c16-15(17,18)11-7-10(14(20)21)6-9-5-8-3-1-2-4-12(8)19-13(9)11/h1-7H,(H,20,21). The number of alkyl halides is 3. The molecule has 0 saturated carbocycles. The van der Waals surface area contributed by atoms with Gasteiger partial charge in [0, 0.05) is 10.8 Å². The highest BCUT2D eigenvalue weighted by Gasteiger charge is 2.34. The Kier molecular flexibility index (Phi) is 2.83. The molecule has 0 unspecified atom stereocenters. The Morgan fingerprint density at radius 2 is 1.76 bits per heavy atom. The van der Waals surface area contributed by atoms with E-state index in [4.69, 9.17) is 5.11 Å². The van der Waals surface area contributed by atoms with Crippen LogP contribution in [0, 0.1) is 0 Å². The number of para-hydroxylation sites is 1. The summed E-state index contributed by atoms with van der Waals surface area (Å²) < 4.78 is 39.4. The molecule has 1 heterocycles. The zero-order chi connectivity index (χ0) is 15.2. The molecule has 1 aromatic heterocycles. The van der Waals surface area contributed by atoms with E-state index in [1.807, 2.05) is 0 Å². The molecule has 0 bridgehead atoms. The number of hydrogen-bond donors (Lipinski definition) is 1. The molecule has 0 aliphatic heterocycles. The van der Waals surface area contributed by atoms with Crippen molar-refractivity contribution in [1.82, 2.24) is 4.98 Å². The Balaban J connectivity index is 2.46. The number of halogens is 3. The van der Waals surface area contributed by atoms with Crippen LogP contribution in [0.4, 0.5) is 13.2 Å². The molecule has 3 aromatic rings. The summed E-state index contributed by atoms with van der Waals surface area (Å²) >= 11 is 0. The Labute approximate surface area is 116 Å². The molecule has 3 rings (SSSR count). The van der Waals surface area contributed by atoms with Gasteiger partial charge in [-0.15, -0.1) is 0 Å². The summed E-state index contributed by atoms with van der Waals surface area (Å²) in [5, 5.41) is 9.77. The number of nitrogens with zero attached hydrogens (tertiary/aromatic N) is 1. The lowest BCUT2D eigenvalue weighted by atomic mass is 10.0. The first kappa shape index (κ1) is 13.4. The first-order chi connectivity index (χ1) is 9.86. The van der Waals surface area contributed by atoms with E-state index in [1.54, 1.807) is 24.3 Å². The van der Waals surface area contributed by atoms with Crippen molar-refractivity contribution in [1.29, 1.82) is 0 Å². The van der Waals surface area contributed by atoms with E-state index in [1.165, 1.54) is 12.1 Å². The SMILES string of the molecule is O=C(O)c1cc(C(F)(F)F)c2nc3ccccc3cc2c1. The molecule has 106 valence electrons. The molecular weight excluding hydrogens is 283 g/mol. The molecule has 0 aliphatic rings. The summed E-state index contributed by atoms with van der Waals surface area (Å²) in [6.07, 6.45) is -4.67. The van der Waals surface area contributed by atoms with Crippen LogP contribution >= 0.6 is 0 Å². The van der Waals surface area contributed by atoms with Crippen LogP contribution in [0.15, 0.2) is 42.5 Å². The summed E-state index contributed by atoms with van der Waals surface area (Å²) in [5.74, 6) is -1.41. The molecular formula is C15H8F3NO2. The van der Waals surface area contributed by atoms with Gasteiger partial charge in [-0.3, -0.25) is 0 Å². The Bertz CT molecular complexity index is 872. The average molecular weight is 291 g/mol. The van der Waals surface area contributed by atoms with E-state index in [0.717, 1.165) is 0 Å². The van der Waals surface area contributed by atoms with Gasteiger partial charge >= 0.3 is 12.1 Å². The number of rotatable bonds is 1. The third kappa shape index (κ3) is 2.29. The topological polar surface area (TPSA) is 50.2 Å².